The molecule has 1 rings (SSSR count). The van der Waals surface area contributed by atoms with Crippen LogP contribution in [0.1, 0.15) is 27.7 Å². The number of aromatic nitrogens is 3. The molecule has 6 nitrogen and oxygen atoms in total. The highest BCUT2D eigenvalue weighted by molar-refractivity contribution is 5.31. The molecule has 1 aromatic heterocycles. The summed E-state index contributed by atoms with van der Waals surface area (Å²) < 4.78 is 10.6. The van der Waals surface area contributed by atoms with E-state index < -0.39 is 0 Å². The van der Waals surface area contributed by atoms with Crippen LogP contribution in [0.25, 0.3) is 0 Å². The van der Waals surface area contributed by atoms with Crippen molar-refractivity contribution >= 4 is 5.95 Å². The summed E-state index contributed by atoms with van der Waals surface area (Å²) in [6.07, 6.45) is 0. The zero-order valence-electron chi connectivity index (χ0n) is 10.9. The normalized spacial score (nSPS) is 10.1. The second-order valence-electron chi connectivity index (χ2n) is 3.24. The van der Waals surface area contributed by atoms with Crippen molar-refractivity contribution in [2.24, 2.45) is 0 Å². The first-order chi connectivity index (χ1) is 8.24. The lowest BCUT2D eigenvalue weighted by molar-refractivity contribution is 0.279. The van der Waals surface area contributed by atoms with Gasteiger partial charge in [0.15, 0.2) is 0 Å². The second-order valence-corrected chi connectivity index (χ2v) is 3.24. The Balaban J connectivity index is 3.01. The second kappa shape index (κ2) is 6.88. The van der Waals surface area contributed by atoms with Crippen LogP contribution in [-0.2, 0) is 0 Å². The van der Waals surface area contributed by atoms with Crippen LogP contribution in [0.2, 0.25) is 0 Å². The summed E-state index contributed by atoms with van der Waals surface area (Å²) in [6.45, 7) is 10.6. The average Bonchev–Trinajstić information content (AvgIpc) is 2.31. The van der Waals surface area contributed by atoms with Crippen LogP contribution in [0.3, 0.4) is 0 Å². The van der Waals surface area contributed by atoms with Crippen molar-refractivity contribution in [1.82, 2.24) is 15.0 Å². The van der Waals surface area contributed by atoms with Gasteiger partial charge in [0.05, 0.1) is 13.2 Å². The Morgan fingerprint density at radius 2 is 1.29 bits per heavy atom. The molecule has 1 heterocycles. The fraction of sp³-hybridized carbons (Fsp3) is 0.727. The van der Waals surface area contributed by atoms with Crippen molar-refractivity contribution in [3.05, 3.63) is 0 Å². The van der Waals surface area contributed by atoms with Gasteiger partial charge in [0.1, 0.15) is 0 Å². The molecular formula is C11H20N4O2. The third-order valence-corrected chi connectivity index (χ3v) is 2.18. The molecule has 0 spiro atoms. The molecule has 1 aromatic rings. The quantitative estimate of drug-likeness (QED) is 0.720. The molecule has 0 atom stereocenters. The Kier molecular flexibility index (Phi) is 5.45. The summed E-state index contributed by atoms with van der Waals surface area (Å²) in [6, 6.07) is 0.626. The predicted molar refractivity (Wildman–Crippen MR) is 65.7 cm³/mol. The van der Waals surface area contributed by atoms with Crippen molar-refractivity contribution in [2.75, 3.05) is 31.2 Å². The summed E-state index contributed by atoms with van der Waals surface area (Å²) >= 11 is 0. The first-order valence-corrected chi connectivity index (χ1v) is 6.01. The third-order valence-electron chi connectivity index (χ3n) is 2.18. The van der Waals surface area contributed by atoms with Crippen molar-refractivity contribution < 1.29 is 9.47 Å². The van der Waals surface area contributed by atoms with E-state index in [4.69, 9.17) is 9.47 Å². The molecule has 0 bridgehead atoms. The molecule has 0 N–H and O–H groups in total. The number of hydrogen-bond donors (Lipinski definition) is 0. The molecule has 0 aromatic carbocycles. The van der Waals surface area contributed by atoms with E-state index in [1.165, 1.54) is 0 Å². The first kappa shape index (κ1) is 13.5. The molecule has 17 heavy (non-hydrogen) atoms. The van der Waals surface area contributed by atoms with Gasteiger partial charge >= 0.3 is 12.0 Å². The molecule has 0 aliphatic carbocycles. The first-order valence-electron chi connectivity index (χ1n) is 6.01. The van der Waals surface area contributed by atoms with E-state index in [2.05, 4.69) is 15.0 Å². The fourth-order valence-electron chi connectivity index (χ4n) is 1.36. The Labute approximate surface area is 102 Å². The van der Waals surface area contributed by atoms with Crippen LogP contribution in [0, 0.1) is 0 Å². The lowest BCUT2D eigenvalue weighted by atomic mass is 10.5. The van der Waals surface area contributed by atoms with Gasteiger partial charge in [0.25, 0.3) is 0 Å². The van der Waals surface area contributed by atoms with E-state index >= 15 is 0 Å². The Morgan fingerprint density at radius 3 is 1.65 bits per heavy atom. The minimum absolute atomic E-state index is 0.313. The number of nitrogens with zero attached hydrogens (tertiary/aromatic N) is 4. The highest BCUT2D eigenvalue weighted by Gasteiger charge is 2.12. The topological polar surface area (TPSA) is 60.4 Å². The highest BCUT2D eigenvalue weighted by atomic mass is 16.5. The van der Waals surface area contributed by atoms with Gasteiger partial charge in [-0.3, -0.25) is 0 Å². The largest absolute Gasteiger partial charge is 0.464 e. The van der Waals surface area contributed by atoms with Gasteiger partial charge in [0.2, 0.25) is 5.95 Å². The maximum absolute atomic E-state index is 5.30. The predicted octanol–water partition coefficient (Wildman–Crippen LogP) is 1.52. The monoisotopic (exact) mass is 240 g/mol. The number of anilines is 1. The Hall–Kier alpha value is -1.59. The van der Waals surface area contributed by atoms with E-state index in [1.807, 2.05) is 32.6 Å². The Morgan fingerprint density at radius 1 is 0.824 bits per heavy atom. The lowest BCUT2D eigenvalue weighted by Crippen LogP contribution is -2.25. The van der Waals surface area contributed by atoms with Crippen molar-refractivity contribution in [3.8, 4) is 12.0 Å². The van der Waals surface area contributed by atoms with E-state index in [9.17, 15) is 0 Å². The van der Waals surface area contributed by atoms with Crippen molar-refractivity contribution in [2.45, 2.75) is 27.7 Å². The third kappa shape index (κ3) is 3.72. The van der Waals surface area contributed by atoms with Crippen molar-refractivity contribution in [3.63, 3.8) is 0 Å². The number of ether oxygens (including phenoxy) is 2. The summed E-state index contributed by atoms with van der Waals surface area (Å²) in [7, 11) is 0. The molecule has 6 heteroatoms. The van der Waals surface area contributed by atoms with Gasteiger partial charge in [-0.15, -0.1) is 4.98 Å². The Bertz CT molecular complexity index is 318. The average molecular weight is 240 g/mol. The SMILES string of the molecule is CCOc1nc(OCC)nc(N(CC)CC)n1. The van der Waals surface area contributed by atoms with Gasteiger partial charge in [-0.1, -0.05) is 0 Å². The minimum Gasteiger partial charge on any atom is -0.464 e. The summed E-state index contributed by atoms with van der Waals surface area (Å²) in [5, 5.41) is 0. The van der Waals surface area contributed by atoms with E-state index in [1.54, 1.807) is 0 Å². The molecule has 0 saturated carbocycles. The van der Waals surface area contributed by atoms with Crippen LogP contribution in [0.4, 0.5) is 5.95 Å². The zero-order valence-corrected chi connectivity index (χ0v) is 10.9. The van der Waals surface area contributed by atoms with Crippen LogP contribution in [0.5, 0.6) is 12.0 Å². The summed E-state index contributed by atoms with van der Waals surface area (Å²) in [5.41, 5.74) is 0. The van der Waals surface area contributed by atoms with Crippen LogP contribution >= 0.6 is 0 Å². The molecule has 0 radical (unpaired) electrons. The van der Waals surface area contributed by atoms with Crippen LogP contribution < -0.4 is 14.4 Å². The number of rotatable bonds is 7. The minimum atomic E-state index is 0.313. The maximum Gasteiger partial charge on any atom is 0.324 e. The maximum atomic E-state index is 5.30. The molecule has 0 aliphatic heterocycles. The summed E-state index contributed by atoms with van der Waals surface area (Å²) in [4.78, 5) is 14.6. The molecule has 0 saturated heterocycles. The van der Waals surface area contributed by atoms with E-state index in [-0.39, 0.29) is 0 Å². The molecule has 0 fully saturated rings. The molecular weight excluding hydrogens is 220 g/mol. The van der Waals surface area contributed by atoms with Gasteiger partial charge < -0.3 is 14.4 Å². The molecule has 96 valence electrons. The fourth-order valence-corrected chi connectivity index (χ4v) is 1.36. The van der Waals surface area contributed by atoms with Crippen LogP contribution in [0.15, 0.2) is 0 Å². The molecule has 0 aliphatic rings. The molecule has 0 amide bonds. The summed E-state index contributed by atoms with van der Waals surface area (Å²) in [5.74, 6) is 0.594. The van der Waals surface area contributed by atoms with Gasteiger partial charge in [-0.25, -0.2) is 0 Å². The van der Waals surface area contributed by atoms with Gasteiger partial charge in [-0.05, 0) is 27.7 Å². The lowest BCUT2D eigenvalue weighted by Gasteiger charge is -2.18. The van der Waals surface area contributed by atoms with Crippen molar-refractivity contribution in [1.29, 1.82) is 0 Å². The van der Waals surface area contributed by atoms with E-state index in [0.29, 0.717) is 31.2 Å². The van der Waals surface area contributed by atoms with Gasteiger partial charge in [0, 0.05) is 13.1 Å². The van der Waals surface area contributed by atoms with Crippen LogP contribution in [-0.4, -0.2) is 41.3 Å². The molecule has 0 unspecified atom stereocenters. The standard InChI is InChI=1S/C11H20N4O2/c1-5-15(6-2)9-12-10(16-7-3)14-11(13-9)17-8-4/h5-8H2,1-4H3. The smallest absolute Gasteiger partial charge is 0.324 e. The van der Waals surface area contributed by atoms with Gasteiger partial charge in [-0.2, -0.15) is 9.97 Å². The zero-order chi connectivity index (χ0) is 12.7. The highest BCUT2D eigenvalue weighted by Crippen LogP contribution is 2.16. The number of hydrogen-bond acceptors (Lipinski definition) is 6. The van der Waals surface area contributed by atoms with E-state index in [0.717, 1.165) is 13.1 Å².